The monoisotopic (exact) mass is 261 g/mol. The van der Waals surface area contributed by atoms with Crippen molar-refractivity contribution in [2.75, 3.05) is 6.54 Å². The zero-order valence-corrected chi connectivity index (χ0v) is 11.1. The number of carbonyl (C=O) groups is 2. The second kappa shape index (κ2) is 5.87. The van der Waals surface area contributed by atoms with Gasteiger partial charge in [0.15, 0.2) is 0 Å². The maximum Gasteiger partial charge on any atom is 0.326 e. The number of hydrogen-bond acceptors (Lipinski definition) is 2. The van der Waals surface area contributed by atoms with E-state index in [1.807, 2.05) is 37.3 Å². The van der Waals surface area contributed by atoms with Crippen LogP contribution in [-0.4, -0.2) is 34.5 Å². The van der Waals surface area contributed by atoms with Crippen molar-refractivity contribution in [2.24, 2.45) is 5.92 Å². The Balaban J connectivity index is 1.95. The number of carbonyl (C=O) groups excluding carboxylic acids is 1. The molecule has 1 aliphatic rings. The van der Waals surface area contributed by atoms with Crippen LogP contribution in [0.1, 0.15) is 25.3 Å². The number of rotatable bonds is 4. The molecular weight excluding hydrogens is 242 g/mol. The molecule has 1 heterocycles. The van der Waals surface area contributed by atoms with Crippen LogP contribution < -0.4 is 0 Å². The van der Waals surface area contributed by atoms with Crippen molar-refractivity contribution in [3.63, 3.8) is 0 Å². The summed E-state index contributed by atoms with van der Waals surface area (Å²) in [6.45, 7) is 2.45. The second-order valence-corrected chi connectivity index (χ2v) is 5.12. The van der Waals surface area contributed by atoms with Gasteiger partial charge in [-0.1, -0.05) is 37.3 Å². The Morgan fingerprint density at radius 3 is 2.63 bits per heavy atom. The molecule has 2 rings (SSSR count). The van der Waals surface area contributed by atoms with Crippen LogP contribution in [0.4, 0.5) is 0 Å². The quantitative estimate of drug-likeness (QED) is 0.901. The molecule has 1 aromatic rings. The maximum atomic E-state index is 12.1. The SMILES string of the molecule is CC1CCN(C(=O)CCc2ccccc2)C1C(=O)O. The lowest BCUT2D eigenvalue weighted by molar-refractivity contribution is -0.149. The van der Waals surface area contributed by atoms with E-state index in [1.54, 1.807) is 0 Å². The van der Waals surface area contributed by atoms with E-state index in [0.29, 0.717) is 19.4 Å². The van der Waals surface area contributed by atoms with Crippen LogP contribution in [0.5, 0.6) is 0 Å². The Morgan fingerprint density at radius 1 is 1.32 bits per heavy atom. The van der Waals surface area contributed by atoms with E-state index in [4.69, 9.17) is 0 Å². The standard InChI is InChI=1S/C15H19NO3/c1-11-9-10-16(14(11)15(18)19)13(17)8-7-12-5-3-2-4-6-12/h2-6,11,14H,7-10H2,1H3,(H,18,19). The molecule has 19 heavy (non-hydrogen) atoms. The third kappa shape index (κ3) is 3.13. The molecule has 0 spiro atoms. The number of aliphatic carboxylic acids is 1. The molecule has 4 heteroatoms. The van der Waals surface area contributed by atoms with Gasteiger partial charge in [0, 0.05) is 13.0 Å². The first kappa shape index (κ1) is 13.6. The predicted molar refractivity (Wildman–Crippen MR) is 71.7 cm³/mol. The summed E-state index contributed by atoms with van der Waals surface area (Å²) in [5.41, 5.74) is 1.11. The fourth-order valence-corrected chi connectivity index (χ4v) is 2.64. The number of nitrogens with zero attached hydrogens (tertiary/aromatic N) is 1. The molecule has 0 radical (unpaired) electrons. The molecule has 2 unspecified atom stereocenters. The smallest absolute Gasteiger partial charge is 0.326 e. The molecule has 1 N–H and O–H groups in total. The summed E-state index contributed by atoms with van der Waals surface area (Å²) in [4.78, 5) is 24.9. The summed E-state index contributed by atoms with van der Waals surface area (Å²) in [7, 11) is 0. The van der Waals surface area contributed by atoms with E-state index in [-0.39, 0.29) is 11.8 Å². The molecule has 0 aromatic heterocycles. The minimum absolute atomic E-state index is 0.0400. The highest BCUT2D eigenvalue weighted by Crippen LogP contribution is 2.25. The minimum atomic E-state index is -0.891. The molecule has 1 aliphatic heterocycles. The third-order valence-corrected chi connectivity index (χ3v) is 3.74. The number of carboxylic acid groups (broad SMARTS) is 1. The number of carboxylic acids is 1. The van der Waals surface area contributed by atoms with Gasteiger partial charge in [-0.05, 0) is 24.3 Å². The van der Waals surface area contributed by atoms with Crippen molar-refractivity contribution in [2.45, 2.75) is 32.2 Å². The first-order valence-electron chi connectivity index (χ1n) is 6.66. The van der Waals surface area contributed by atoms with Crippen LogP contribution in [0.25, 0.3) is 0 Å². The summed E-state index contributed by atoms with van der Waals surface area (Å²) >= 11 is 0. The lowest BCUT2D eigenvalue weighted by Crippen LogP contribution is -2.42. The van der Waals surface area contributed by atoms with Gasteiger partial charge in [-0.15, -0.1) is 0 Å². The Kier molecular flexibility index (Phi) is 4.20. The highest BCUT2D eigenvalue weighted by atomic mass is 16.4. The highest BCUT2D eigenvalue weighted by molar-refractivity contribution is 5.84. The van der Waals surface area contributed by atoms with E-state index in [1.165, 1.54) is 4.90 Å². The molecule has 1 amide bonds. The summed E-state index contributed by atoms with van der Waals surface area (Å²) in [6.07, 6.45) is 1.81. The van der Waals surface area contributed by atoms with Crippen molar-refractivity contribution in [3.05, 3.63) is 35.9 Å². The van der Waals surface area contributed by atoms with Crippen molar-refractivity contribution in [1.29, 1.82) is 0 Å². The topological polar surface area (TPSA) is 57.6 Å². The van der Waals surface area contributed by atoms with Gasteiger partial charge in [0.1, 0.15) is 6.04 Å². The first-order valence-corrected chi connectivity index (χ1v) is 6.66. The minimum Gasteiger partial charge on any atom is -0.480 e. The summed E-state index contributed by atoms with van der Waals surface area (Å²) in [5.74, 6) is -0.906. The van der Waals surface area contributed by atoms with Crippen LogP contribution in [0.2, 0.25) is 0 Å². The second-order valence-electron chi connectivity index (χ2n) is 5.12. The predicted octanol–water partition coefficient (Wildman–Crippen LogP) is 1.94. The molecule has 1 saturated heterocycles. The van der Waals surface area contributed by atoms with Crippen LogP contribution in [0.3, 0.4) is 0 Å². The van der Waals surface area contributed by atoms with E-state index < -0.39 is 12.0 Å². The van der Waals surface area contributed by atoms with Crippen molar-refractivity contribution >= 4 is 11.9 Å². The summed E-state index contributed by atoms with van der Waals surface area (Å²) < 4.78 is 0. The Labute approximate surface area is 113 Å². The largest absolute Gasteiger partial charge is 0.480 e. The third-order valence-electron chi connectivity index (χ3n) is 3.74. The van der Waals surface area contributed by atoms with E-state index in [0.717, 1.165) is 12.0 Å². The molecular formula is C15H19NO3. The van der Waals surface area contributed by atoms with Gasteiger partial charge in [-0.3, -0.25) is 4.79 Å². The number of aryl methyl sites for hydroxylation is 1. The van der Waals surface area contributed by atoms with E-state index in [9.17, 15) is 14.7 Å². The summed E-state index contributed by atoms with van der Waals surface area (Å²) in [6, 6.07) is 9.13. The van der Waals surface area contributed by atoms with Crippen LogP contribution >= 0.6 is 0 Å². The molecule has 1 fully saturated rings. The van der Waals surface area contributed by atoms with Gasteiger partial charge in [0.25, 0.3) is 0 Å². The van der Waals surface area contributed by atoms with Gasteiger partial charge in [-0.2, -0.15) is 0 Å². The van der Waals surface area contributed by atoms with Crippen LogP contribution in [0, 0.1) is 5.92 Å². The average Bonchev–Trinajstić information content (AvgIpc) is 2.79. The molecule has 0 aliphatic carbocycles. The first-order chi connectivity index (χ1) is 9.09. The van der Waals surface area contributed by atoms with Gasteiger partial charge >= 0.3 is 5.97 Å². The van der Waals surface area contributed by atoms with Crippen molar-refractivity contribution in [3.8, 4) is 0 Å². The van der Waals surface area contributed by atoms with Crippen molar-refractivity contribution in [1.82, 2.24) is 4.90 Å². The zero-order chi connectivity index (χ0) is 13.8. The lowest BCUT2D eigenvalue weighted by Gasteiger charge is -2.23. The molecule has 4 nitrogen and oxygen atoms in total. The van der Waals surface area contributed by atoms with Gasteiger partial charge in [-0.25, -0.2) is 4.79 Å². The van der Waals surface area contributed by atoms with Gasteiger partial charge < -0.3 is 10.0 Å². The van der Waals surface area contributed by atoms with Crippen molar-refractivity contribution < 1.29 is 14.7 Å². The molecule has 1 aromatic carbocycles. The Morgan fingerprint density at radius 2 is 2.00 bits per heavy atom. The van der Waals surface area contributed by atoms with Gasteiger partial charge in [0.2, 0.25) is 5.91 Å². The molecule has 2 atom stereocenters. The normalized spacial score (nSPS) is 22.5. The van der Waals surface area contributed by atoms with E-state index in [2.05, 4.69) is 0 Å². The fourth-order valence-electron chi connectivity index (χ4n) is 2.64. The molecule has 102 valence electrons. The lowest BCUT2D eigenvalue weighted by atomic mass is 10.0. The molecule has 0 saturated carbocycles. The number of amides is 1. The fraction of sp³-hybridized carbons (Fsp3) is 0.467. The number of hydrogen-bond donors (Lipinski definition) is 1. The van der Waals surface area contributed by atoms with Gasteiger partial charge in [0.05, 0.1) is 0 Å². The highest BCUT2D eigenvalue weighted by Gasteiger charge is 2.38. The Bertz CT molecular complexity index is 458. The number of benzene rings is 1. The van der Waals surface area contributed by atoms with E-state index >= 15 is 0 Å². The Hall–Kier alpha value is -1.84. The zero-order valence-electron chi connectivity index (χ0n) is 11.1. The number of likely N-dealkylation sites (tertiary alicyclic amines) is 1. The maximum absolute atomic E-state index is 12.1. The summed E-state index contributed by atoms with van der Waals surface area (Å²) in [5, 5.41) is 9.19. The average molecular weight is 261 g/mol. The van der Waals surface area contributed by atoms with Crippen LogP contribution in [-0.2, 0) is 16.0 Å². The van der Waals surface area contributed by atoms with Crippen LogP contribution in [0.15, 0.2) is 30.3 Å². The molecule has 0 bridgehead atoms.